The maximum atomic E-state index is 14.4. The third kappa shape index (κ3) is 5.46. The topological polar surface area (TPSA) is 27.7 Å². The summed E-state index contributed by atoms with van der Waals surface area (Å²) in [7, 11) is -3.23. The molecule has 0 aliphatic heterocycles. The number of hydrogen-bond acceptors (Lipinski definition) is 3. The molecule has 3 nitrogen and oxygen atoms in total. The summed E-state index contributed by atoms with van der Waals surface area (Å²) in [5.41, 5.74) is 0. The molecule has 104 valence electrons. The predicted octanol–water partition coefficient (Wildman–Crippen LogP) is 3.49. The molecule has 5 heteroatoms. The van der Waals surface area contributed by atoms with E-state index in [4.69, 9.17) is 13.3 Å². The van der Waals surface area contributed by atoms with Crippen LogP contribution < -0.4 is 0 Å². The standard InChI is InChI=1S/C12H27FO3Si/c1-6-9-14-17(12(4,5)13,15-10-7-2)16-11-8-3/h6-11H2,1-5H3. The van der Waals surface area contributed by atoms with Gasteiger partial charge in [-0.25, -0.2) is 4.39 Å². The van der Waals surface area contributed by atoms with Gasteiger partial charge in [0.05, 0.1) is 0 Å². The van der Waals surface area contributed by atoms with Gasteiger partial charge < -0.3 is 13.3 Å². The molecule has 0 N–H and O–H groups in total. The van der Waals surface area contributed by atoms with E-state index in [-0.39, 0.29) is 0 Å². The zero-order chi connectivity index (χ0) is 13.4. The van der Waals surface area contributed by atoms with Crippen LogP contribution >= 0.6 is 0 Å². The first kappa shape index (κ1) is 17.0. The molecule has 0 rings (SSSR count). The van der Waals surface area contributed by atoms with Gasteiger partial charge in [0.25, 0.3) is 0 Å². The van der Waals surface area contributed by atoms with Crippen LogP contribution in [-0.4, -0.2) is 33.9 Å². The van der Waals surface area contributed by atoms with Crippen molar-refractivity contribution in [1.29, 1.82) is 0 Å². The average Bonchev–Trinajstić information content (AvgIpc) is 2.27. The largest absolute Gasteiger partial charge is 0.539 e. The summed E-state index contributed by atoms with van der Waals surface area (Å²) in [6.07, 6.45) is 2.49. The van der Waals surface area contributed by atoms with E-state index in [1.807, 2.05) is 20.8 Å². The molecular weight excluding hydrogens is 239 g/mol. The lowest BCUT2D eigenvalue weighted by Crippen LogP contribution is -2.60. The second-order valence-electron chi connectivity index (χ2n) is 4.57. The Balaban J connectivity index is 4.78. The fourth-order valence-electron chi connectivity index (χ4n) is 1.35. The maximum Gasteiger partial charge on any atom is 0.539 e. The number of rotatable bonds is 10. The van der Waals surface area contributed by atoms with E-state index in [1.165, 1.54) is 13.8 Å². The Hall–Kier alpha value is 0.0269. The zero-order valence-electron chi connectivity index (χ0n) is 11.8. The summed E-state index contributed by atoms with van der Waals surface area (Å²) in [6.45, 7) is 10.4. The van der Waals surface area contributed by atoms with E-state index >= 15 is 0 Å². The second kappa shape index (κ2) is 8.19. The molecule has 0 aromatic heterocycles. The van der Waals surface area contributed by atoms with Gasteiger partial charge in [0.2, 0.25) is 0 Å². The highest BCUT2D eigenvalue weighted by Gasteiger charge is 2.57. The van der Waals surface area contributed by atoms with Gasteiger partial charge in [-0.3, -0.25) is 0 Å². The molecule has 17 heavy (non-hydrogen) atoms. The van der Waals surface area contributed by atoms with Crippen LogP contribution in [0.5, 0.6) is 0 Å². The normalized spacial score (nSPS) is 13.1. The Kier molecular flexibility index (Phi) is 8.20. The molecule has 0 amide bonds. The minimum Gasteiger partial charge on any atom is -0.372 e. The maximum absolute atomic E-state index is 14.4. The molecule has 0 fully saturated rings. The van der Waals surface area contributed by atoms with Crippen molar-refractivity contribution in [2.45, 2.75) is 59.2 Å². The highest BCUT2D eigenvalue weighted by atomic mass is 28.4. The molecule has 0 radical (unpaired) electrons. The number of hydrogen-bond donors (Lipinski definition) is 0. The van der Waals surface area contributed by atoms with Gasteiger partial charge in [0.1, 0.15) is 0 Å². The lowest BCUT2D eigenvalue weighted by atomic mass is 10.5. The molecule has 0 heterocycles. The summed E-state index contributed by atoms with van der Waals surface area (Å²) in [5.74, 6) is 0. The SMILES string of the molecule is CCCO[Si](OCCC)(OCCC)C(C)(C)F. The van der Waals surface area contributed by atoms with Gasteiger partial charge in [0, 0.05) is 19.8 Å². The number of halogens is 1. The average molecular weight is 266 g/mol. The molecule has 0 unspecified atom stereocenters. The summed E-state index contributed by atoms with van der Waals surface area (Å²) in [5, 5.41) is -1.56. The van der Waals surface area contributed by atoms with Gasteiger partial charge in [-0.1, -0.05) is 20.8 Å². The molecule has 0 aliphatic rings. The smallest absolute Gasteiger partial charge is 0.372 e. The van der Waals surface area contributed by atoms with Crippen molar-refractivity contribution >= 4 is 8.80 Å². The van der Waals surface area contributed by atoms with Gasteiger partial charge >= 0.3 is 8.80 Å². The van der Waals surface area contributed by atoms with Crippen LogP contribution in [0.3, 0.4) is 0 Å². The van der Waals surface area contributed by atoms with E-state index in [2.05, 4.69) is 0 Å². The van der Waals surface area contributed by atoms with Crippen molar-refractivity contribution in [3.05, 3.63) is 0 Å². The Morgan fingerprint density at radius 2 is 1.12 bits per heavy atom. The van der Waals surface area contributed by atoms with E-state index in [1.54, 1.807) is 0 Å². The Bertz CT molecular complexity index is 173. The fraction of sp³-hybridized carbons (Fsp3) is 1.00. The van der Waals surface area contributed by atoms with Crippen LogP contribution in [0.4, 0.5) is 4.39 Å². The van der Waals surface area contributed by atoms with E-state index in [0.717, 1.165) is 19.3 Å². The van der Waals surface area contributed by atoms with Crippen molar-refractivity contribution in [1.82, 2.24) is 0 Å². The Labute approximate surface area is 106 Å². The van der Waals surface area contributed by atoms with Crippen LogP contribution in [0.1, 0.15) is 53.9 Å². The quantitative estimate of drug-likeness (QED) is 0.566. The Morgan fingerprint density at radius 3 is 1.29 bits per heavy atom. The third-order valence-corrected chi connectivity index (χ3v) is 5.43. The van der Waals surface area contributed by atoms with Crippen LogP contribution in [0.2, 0.25) is 0 Å². The van der Waals surface area contributed by atoms with E-state index in [0.29, 0.717) is 19.8 Å². The van der Waals surface area contributed by atoms with Crippen molar-refractivity contribution in [3.63, 3.8) is 0 Å². The van der Waals surface area contributed by atoms with Gasteiger partial charge in [0.15, 0.2) is 5.29 Å². The summed E-state index contributed by atoms with van der Waals surface area (Å²) < 4.78 is 31.4. The predicted molar refractivity (Wildman–Crippen MR) is 69.7 cm³/mol. The first-order valence-corrected chi connectivity index (χ1v) is 8.26. The molecule has 0 aromatic carbocycles. The van der Waals surface area contributed by atoms with Crippen LogP contribution in [0, 0.1) is 0 Å². The van der Waals surface area contributed by atoms with Gasteiger partial charge in [-0.05, 0) is 33.1 Å². The molecule has 0 spiro atoms. The molecule has 0 saturated heterocycles. The van der Waals surface area contributed by atoms with Gasteiger partial charge in [-0.2, -0.15) is 0 Å². The minimum absolute atomic E-state index is 0.479. The van der Waals surface area contributed by atoms with Crippen LogP contribution in [0.25, 0.3) is 0 Å². The second-order valence-corrected chi connectivity index (χ2v) is 7.74. The van der Waals surface area contributed by atoms with Crippen molar-refractivity contribution < 1.29 is 17.7 Å². The minimum atomic E-state index is -3.23. The highest BCUT2D eigenvalue weighted by Crippen LogP contribution is 2.28. The van der Waals surface area contributed by atoms with Gasteiger partial charge in [-0.15, -0.1) is 0 Å². The first-order valence-electron chi connectivity index (χ1n) is 6.54. The summed E-state index contributed by atoms with van der Waals surface area (Å²) in [4.78, 5) is 0. The molecule has 0 bridgehead atoms. The molecule has 0 aliphatic carbocycles. The molecule has 0 saturated carbocycles. The fourth-order valence-corrected chi connectivity index (χ4v) is 4.05. The molecule has 0 aromatic rings. The highest BCUT2D eigenvalue weighted by molar-refractivity contribution is 6.63. The lowest BCUT2D eigenvalue weighted by Gasteiger charge is -2.36. The summed E-state index contributed by atoms with van der Waals surface area (Å²) >= 11 is 0. The Morgan fingerprint density at radius 1 is 0.824 bits per heavy atom. The van der Waals surface area contributed by atoms with Crippen molar-refractivity contribution in [3.8, 4) is 0 Å². The van der Waals surface area contributed by atoms with E-state index < -0.39 is 14.1 Å². The monoisotopic (exact) mass is 266 g/mol. The molecular formula is C12H27FO3Si. The third-order valence-electron chi connectivity index (χ3n) is 2.22. The summed E-state index contributed by atoms with van der Waals surface area (Å²) in [6, 6.07) is 0. The number of alkyl halides is 1. The molecule has 0 atom stereocenters. The van der Waals surface area contributed by atoms with Crippen molar-refractivity contribution in [2.75, 3.05) is 19.8 Å². The zero-order valence-corrected chi connectivity index (χ0v) is 12.8. The van der Waals surface area contributed by atoms with Crippen LogP contribution in [-0.2, 0) is 13.3 Å². The van der Waals surface area contributed by atoms with E-state index in [9.17, 15) is 4.39 Å². The lowest BCUT2D eigenvalue weighted by molar-refractivity contribution is 0.0123. The first-order chi connectivity index (χ1) is 7.93. The van der Waals surface area contributed by atoms with Crippen molar-refractivity contribution in [2.24, 2.45) is 0 Å². The van der Waals surface area contributed by atoms with Crippen LogP contribution in [0.15, 0.2) is 0 Å².